The van der Waals surface area contributed by atoms with Crippen LogP contribution in [0.3, 0.4) is 0 Å². The van der Waals surface area contributed by atoms with E-state index in [4.69, 9.17) is 23.2 Å². The molecular weight excluding hydrogens is 227 g/mol. The standard InChI is InChI=1S/C9H6Cl2O3/c1-2-7(12)14-9-6(11)4-3-5(10)8(9)13/h2-4,13H,1H2. The van der Waals surface area contributed by atoms with Crippen molar-refractivity contribution in [3.8, 4) is 11.5 Å². The van der Waals surface area contributed by atoms with Crippen molar-refractivity contribution in [2.45, 2.75) is 0 Å². The summed E-state index contributed by atoms with van der Waals surface area (Å²) in [5.74, 6) is -1.25. The van der Waals surface area contributed by atoms with Gasteiger partial charge >= 0.3 is 5.97 Å². The molecule has 5 heteroatoms. The number of ether oxygens (including phenoxy) is 1. The van der Waals surface area contributed by atoms with E-state index >= 15 is 0 Å². The maximum atomic E-state index is 10.8. The molecule has 0 aliphatic heterocycles. The summed E-state index contributed by atoms with van der Waals surface area (Å²) in [4.78, 5) is 10.8. The fourth-order valence-corrected chi connectivity index (χ4v) is 1.10. The summed E-state index contributed by atoms with van der Waals surface area (Å²) in [5.41, 5.74) is 0. The Morgan fingerprint density at radius 2 is 2.00 bits per heavy atom. The van der Waals surface area contributed by atoms with Crippen LogP contribution >= 0.6 is 23.2 Å². The molecule has 0 bridgehead atoms. The Morgan fingerprint density at radius 3 is 2.57 bits per heavy atom. The van der Waals surface area contributed by atoms with Crippen LogP contribution in [-0.4, -0.2) is 11.1 Å². The molecule has 0 amide bonds. The molecule has 0 saturated heterocycles. The van der Waals surface area contributed by atoms with E-state index in [1.807, 2.05) is 0 Å². The van der Waals surface area contributed by atoms with Gasteiger partial charge in [-0.2, -0.15) is 0 Å². The molecule has 0 fully saturated rings. The van der Waals surface area contributed by atoms with E-state index in [2.05, 4.69) is 11.3 Å². The molecule has 1 rings (SSSR count). The Labute approximate surface area is 90.5 Å². The normalized spacial score (nSPS) is 9.57. The van der Waals surface area contributed by atoms with Gasteiger partial charge in [0, 0.05) is 6.08 Å². The van der Waals surface area contributed by atoms with Crippen molar-refractivity contribution in [3.05, 3.63) is 34.8 Å². The van der Waals surface area contributed by atoms with Gasteiger partial charge in [-0.1, -0.05) is 29.8 Å². The first-order chi connectivity index (χ1) is 6.56. The van der Waals surface area contributed by atoms with Crippen molar-refractivity contribution in [1.29, 1.82) is 0 Å². The third-order valence-electron chi connectivity index (χ3n) is 1.40. The lowest BCUT2D eigenvalue weighted by atomic mass is 10.3. The molecule has 1 aromatic carbocycles. The van der Waals surface area contributed by atoms with E-state index in [-0.39, 0.29) is 21.5 Å². The summed E-state index contributed by atoms with van der Waals surface area (Å²) >= 11 is 11.3. The summed E-state index contributed by atoms with van der Waals surface area (Å²) in [6, 6.07) is 2.81. The topological polar surface area (TPSA) is 46.5 Å². The van der Waals surface area contributed by atoms with Crippen LogP contribution in [0.5, 0.6) is 11.5 Å². The van der Waals surface area contributed by atoms with Crippen molar-refractivity contribution >= 4 is 29.2 Å². The average molecular weight is 233 g/mol. The molecule has 0 aliphatic rings. The summed E-state index contributed by atoms with van der Waals surface area (Å²) in [6.07, 6.45) is 0.955. The molecule has 0 unspecified atom stereocenters. The Kier molecular flexibility index (Phi) is 3.38. The lowest BCUT2D eigenvalue weighted by Crippen LogP contribution is -2.03. The molecule has 0 heterocycles. The van der Waals surface area contributed by atoms with E-state index in [1.54, 1.807) is 0 Å². The molecule has 0 saturated carbocycles. The lowest BCUT2D eigenvalue weighted by Gasteiger charge is -2.06. The Bertz CT molecular complexity index is 388. The lowest BCUT2D eigenvalue weighted by molar-refractivity contribution is -0.129. The molecule has 0 aliphatic carbocycles. The van der Waals surface area contributed by atoms with Gasteiger partial charge in [-0.25, -0.2) is 4.79 Å². The van der Waals surface area contributed by atoms with E-state index in [9.17, 15) is 9.90 Å². The largest absolute Gasteiger partial charge is 0.503 e. The highest BCUT2D eigenvalue weighted by Gasteiger charge is 2.13. The molecule has 0 spiro atoms. The summed E-state index contributed by atoms with van der Waals surface area (Å²) in [6.45, 7) is 3.21. The minimum Gasteiger partial charge on any atom is -0.503 e. The number of aromatic hydroxyl groups is 1. The predicted octanol–water partition coefficient (Wildman–Crippen LogP) is 2.79. The highest BCUT2D eigenvalue weighted by atomic mass is 35.5. The number of rotatable bonds is 2. The number of phenols is 1. The maximum Gasteiger partial charge on any atom is 0.335 e. The Hall–Kier alpha value is -1.19. The molecule has 3 nitrogen and oxygen atoms in total. The second-order valence-corrected chi connectivity index (χ2v) is 3.15. The quantitative estimate of drug-likeness (QED) is 0.485. The summed E-state index contributed by atoms with van der Waals surface area (Å²) in [5, 5.41) is 9.55. The van der Waals surface area contributed by atoms with Crippen molar-refractivity contribution in [1.82, 2.24) is 0 Å². The number of carbonyl (C=O) groups is 1. The molecule has 0 atom stereocenters. The van der Waals surface area contributed by atoms with Crippen molar-refractivity contribution in [2.24, 2.45) is 0 Å². The predicted molar refractivity (Wildman–Crippen MR) is 54.0 cm³/mol. The van der Waals surface area contributed by atoms with Gasteiger partial charge in [0.05, 0.1) is 10.0 Å². The van der Waals surface area contributed by atoms with Gasteiger partial charge in [0.15, 0.2) is 11.5 Å². The zero-order chi connectivity index (χ0) is 10.7. The molecule has 0 radical (unpaired) electrons. The van der Waals surface area contributed by atoms with Crippen LogP contribution in [-0.2, 0) is 4.79 Å². The van der Waals surface area contributed by atoms with E-state index in [1.165, 1.54) is 12.1 Å². The fraction of sp³-hybridized carbons (Fsp3) is 0. The Morgan fingerprint density at radius 1 is 1.43 bits per heavy atom. The smallest absolute Gasteiger partial charge is 0.335 e. The monoisotopic (exact) mass is 232 g/mol. The van der Waals surface area contributed by atoms with Crippen molar-refractivity contribution in [2.75, 3.05) is 0 Å². The summed E-state index contributed by atoms with van der Waals surface area (Å²) < 4.78 is 4.68. The van der Waals surface area contributed by atoms with Crippen molar-refractivity contribution in [3.63, 3.8) is 0 Å². The van der Waals surface area contributed by atoms with Gasteiger partial charge in [-0.05, 0) is 12.1 Å². The van der Waals surface area contributed by atoms with E-state index < -0.39 is 5.97 Å². The van der Waals surface area contributed by atoms with Gasteiger partial charge in [0.25, 0.3) is 0 Å². The number of benzene rings is 1. The third-order valence-corrected chi connectivity index (χ3v) is 2.01. The minimum atomic E-state index is -0.718. The van der Waals surface area contributed by atoms with E-state index in [0.29, 0.717) is 0 Å². The second kappa shape index (κ2) is 4.35. The van der Waals surface area contributed by atoms with Crippen LogP contribution in [0, 0.1) is 0 Å². The zero-order valence-electron chi connectivity index (χ0n) is 6.96. The summed E-state index contributed by atoms with van der Waals surface area (Å²) in [7, 11) is 0. The number of hydrogen-bond donors (Lipinski definition) is 1. The molecule has 1 aromatic rings. The van der Waals surface area contributed by atoms with Crippen LogP contribution < -0.4 is 4.74 Å². The van der Waals surface area contributed by atoms with Gasteiger partial charge in [0.1, 0.15) is 0 Å². The van der Waals surface area contributed by atoms with Crippen LogP contribution in [0.2, 0.25) is 10.0 Å². The minimum absolute atomic E-state index is 0.0567. The number of esters is 1. The Balaban J connectivity index is 3.12. The van der Waals surface area contributed by atoms with Gasteiger partial charge in [-0.15, -0.1) is 0 Å². The van der Waals surface area contributed by atoms with Crippen LogP contribution in [0.15, 0.2) is 24.8 Å². The molecule has 74 valence electrons. The van der Waals surface area contributed by atoms with Gasteiger partial charge in [0.2, 0.25) is 0 Å². The molecule has 14 heavy (non-hydrogen) atoms. The maximum absolute atomic E-state index is 10.8. The first kappa shape index (κ1) is 10.9. The molecule has 0 aromatic heterocycles. The van der Waals surface area contributed by atoms with Gasteiger partial charge < -0.3 is 9.84 Å². The highest BCUT2D eigenvalue weighted by molar-refractivity contribution is 6.35. The number of phenolic OH excluding ortho intramolecular Hbond substituents is 1. The average Bonchev–Trinajstić information content (AvgIpc) is 2.18. The number of hydrogen-bond acceptors (Lipinski definition) is 3. The number of carbonyl (C=O) groups excluding carboxylic acids is 1. The fourth-order valence-electron chi connectivity index (χ4n) is 0.762. The van der Waals surface area contributed by atoms with Crippen LogP contribution in [0.25, 0.3) is 0 Å². The first-order valence-electron chi connectivity index (χ1n) is 3.57. The van der Waals surface area contributed by atoms with E-state index in [0.717, 1.165) is 6.08 Å². The number of halogens is 2. The SMILES string of the molecule is C=CC(=O)Oc1c(Cl)ccc(Cl)c1O. The van der Waals surface area contributed by atoms with Crippen LogP contribution in [0.1, 0.15) is 0 Å². The highest BCUT2D eigenvalue weighted by Crippen LogP contribution is 2.39. The van der Waals surface area contributed by atoms with Crippen LogP contribution in [0.4, 0.5) is 0 Å². The molecule has 1 N–H and O–H groups in total. The molecular formula is C9H6Cl2O3. The van der Waals surface area contributed by atoms with Crippen molar-refractivity contribution < 1.29 is 14.6 Å². The first-order valence-corrected chi connectivity index (χ1v) is 4.33. The second-order valence-electron chi connectivity index (χ2n) is 2.33. The third kappa shape index (κ3) is 2.19. The zero-order valence-corrected chi connectivity index (χ0v) is 8.47. The van der Waals surface area contributed by atoms with Gasteiger partial charge in [-0.3, -0.25) is 0 Å².